The van der Waals surface area contributed by atoms with Gasteiger partial charge in [-0.05, 0) is 5.56 Å². The van der Waals surface area contributed by atoms with E-state index in [2.05, 4.69) is 224 Å². The minimum absolute atomic E-state index is 0.110. The molecule has 11 aromatic rings. The normalized spacial score (nSPS) is 12.6. The molecule has 1 aliphatic rings. The Morgan fingerprint density at radius 2 is 0.806 bits per heavy atom. The molecule has 3 nitrogen and oxygen atoms in total. The van der Waals surface area contributed by atoms with Crippen molar-refractivity contribution < 1.29 is 0 Å². The largest absolute Gasteiger partial charge is 0.0617 e. The van der Waals surface area contributed by atoms with Crippen molar-refractivity contribution >= 4 is 33.8 Å². The minimum atomic E-state index is -0.540. The van der Waals surface area contributed by atoms with Gasteiger partial charge in [-0.1, -0.05) is 42.5 Å². The number of nitrogens with zero attached hydrogens (tertiary/aromatic N) is 3. The summed E-state index contributed by atoms with van der Waals surface area (Å²) in [6.45, 7) is 0. The fraction of sp³-hybridized carbons (Fsp3) is 0.0172. The molecule has 290 valence electrons. The number of benzene rings is 9. The van der Waals surface area contributed by atoms with E-state index in [-0.39, 0.29) is 14.5 Å². The number of hydrogen-bond acceptors (Lipinski definition) is 3. The van der Waals surface area contributed by atoms with Crippen LogP contribution in [0.5, 0.6) is 0 Å². The van der Waals surface area contributed by atoms with Crippen molar-refractivity contribution in [3.05, 3.63) is 247 Å². The van der Waals surface area contributed by atoms with Gasteiger partial charge in [-0.25, -0.2) is 0 Å². The summed E-state index contributed by atoms with van der Waals surface area (Å²) in [5.41, 5.74) is 14.4. The third-order valence-corrected chi connectivity index (χ3v) is 15.0. The van der Waals surface area contributed by atoms with Crippen LogP contribution in [-0.4, -0.2) is 29.5 Å². The van der Waals surface area contributed by atoms with Crippen LogP contribution >= 0.6 is 0 Å². The first-order chi connectivity index (χ1) is 30.7. The number of fused-ring (bicyclic) bond motifs is 6. The van der Waals surface area contributed by atoms with E-state index in [1.807, 2.05) is 0 Å². The molecule has 0 radical (unpaired) electrons. The van der Waals surface area contributed by atoms with E-state index in [0.717, 1.165) is 33.4 Å². The van der Waals surface area contributed by atoms with Gasteiger partial charge in [0.2, 0.25) is 0 Å². The molecule has 0 aliphatic heterocycles. The van der Waals surface area contributed by atoms with Gasteiger partial charge in [0.25, 0.3) is 0 Å². The van der Waals surface area contributed by atoms with Gasteiger partial charge in [0.05, 0.1) is 0 Å². The second-order valence-electron chi connectivity index (χ2n) is 15.9. The van der Waals surface area contributed by atoms with E-state index in [0.29, 0.717) is 17.5 Å². The van der Waals surface area contributed by atoms with Gasteiger partial charge < -0.3 is 0 Å². The Bertz CT molecular complexity index is 3410. The molecule has 0 amide bonds. The van der Waals surface area contributed by atoms with Crippen LogP contribution in [0.3, 0.4) is 0 Å². The Labute approximate surface area is 366 Å². The number of rotatable bonds is 7. The van der Waals surface area contributed by atoms with E-state index in [9.17, 15) is 0 Å². The molecule has 4 heteroatoms. The zero-order valence-electron chi connectivity index (χ0n) is 33.6. The van der Waals surface area contributed by atoms with Crippen LogP contribution in [0.1, 0.15) is 22.3 Å². The van der Waals surface area contributed by atoms with Crippen molar-refractivity contribution in [2.24, 2.45) is 0 Å². The summed E-state index contributed by atoms with van der Waals surface area (Å²) in [6.07, 6.45) is 0. The average molecular weight is 855 g/mol. The standard InChI is InChI=1S/C58H37N3Se/c1-4-17-38(18-5-1)39-33-35-40(36-34-39)41-19-14-20-42(37-41)55-59-56(61-57(60-55)49-29-15-27-46-45-25-11-13-32-52(45)62-54(46)49)48-28-16-31-51-53(48)47-26-10-12-30-50(47)58(51,43-21-6-2-7-22-43)44-23-8-3-9-24-44/h1-37H. The van der Waals surface area contributed by atoms with Crippen LogP contribution in [0, 0.1) is 0 Å². The fourth-order valence-electron chi connectivity index (χ4n) is 9.67. The van der Waals surface area contributed by atoms with Gasteiger partial charge >= 0.3 is 320 Å². The summed E-state index contributed by atoms with van der Waals surface area (Å²) in [5.74, 6) is 2.00. The van der Waals surface area contributed by atoms with Crippen LogP contribution in [0.25, 0.3) is 86.8 Å². The minimum Gasteiger partial charge on any atom is -0.0617 e. The van der Waals surface area contributed by atoms with Gasteiger partial charge in [0.1, 0.15) is 0 Å². The van der Waals surface area contributed by atoms with Crippen LogP contribution in [0.15, 0.2) is 224 Å². The van der Waals surface area contributed by atoms with Crippen LogP contribution in [-0.2, 0) is 5.41 Å². The maximum absolute atomic E-state index is 5.49. The second kappa shape index (κ2) is 14.9. The van der Waals surface area contributed by atoms with E-state index < -0.39 is 5.41 Å². The third kappa shape index (κ3) is 5.84. The van der Waals surface area contributed by atoms with Gasteiger partial charge in [0.15, 0.2) is 0 Å². The molecule has 0 spiro atoms. The molecule has 9 aromatic carbocycles. The fourth-order valence-corrected chi connectivity index (χ4v) is 12.2. The van der Waals surface area contributed by atoms with Crippen molar-refractivity contribution in [1.82, 2.24) is 15.0 Å². The van der Waals surface area contributed by atoms with Gasteiger partial charge in [-0.15, -0.1) is 0 Å². The summed E-state index contributed by atoms with van der Waals surface area (Å²) in [7, 11) is 0. The molecule has 2 heterocycles. The zero-order valence-corrected chi connectivity index (χ0v) is 35.3. The molecule has 0 bridgehead atoms. The van der Waals surface area contributed by atoms with Crippen molar-refractivity contribution in [2.75, 3.05) is 0 Å². The Hall–Kier alpha value is -7.49. The monoisotopic (exact) mass is 855 g/mol. The quantitative estimate of drug-likeness (QED) is 0.150. The molecule has 0 saturated carbocycles. The van der Waals surface area contributed by atoms with Gasteiger partial charge in [0, 0.05) is 0 Å². The van der Waals surface area contributed by atoms with Crippen LogP contribution in [0.4, 0.5) is 0 Å². The number of aromatic nitrogens is 3. The van der Waals surface area contributed by atoms with Crippen molar-refractivity contribution in [2.45, 2.75) is 5.41 Å². The second-order valence-corrected chi connectivity index (χ2v) is 18.1. The average Bonchev–Trinajstić information content (AvgIpc) is 3.89. The Balaban J connectivity index is 1.09. The molecule has 0 unspecified atom stereocenters. The van der Waals surface area contributed by atoms with E-state index in [1.54, 1.807) is 0 Å². The first-order valence-corrected chi connectivity index (χ1v) is 22.7. The summed E-state index contributed by atoms with van der Waals surface area (Å²) >= 11 is 0.110. The Morgan fingerprint density at radius 1 is 0.323 bits per heavy atom. The van der Waals surface area contributed by atoms with Crippen LogP contribution in [0.2, 0.25) is 0 Å². The van der Waals surface area contributed by atoms with E-state index in [1.165, 1.54) is 58.2 Å². The molecule has 0 N–H and O–H groups in total. The first kappa shape index (κ1) is 36.4. The summed E-state index contributed by atoms with van der Waals surface area (Å²) < 4.78 is 2.70. The molecule has 1 aliphatic carbocycles. The Kier molecular flexibility index (Phi) is 8.74. The predicted octanol–water partition coefficient (Wildman–Crippen LogP) is 13.9. The van der Waals surface area contributed by atoms with Crippen molar-refractivity contribution in [3.8, 4) is 67.5 Å². The van der Waals surface area contributed by atoms with Crippen molar-refractivity contribution in [3.63, 3.8) is 0 Å². The number of hydrogen-bond donors (Lipinski definition) is 0. The maximum atomic E-state index is 5.49. The summed E-state index contributed by atoms with van der Waals surface area (Å²) in [4.78, 5) is 16.3. The molecular formula is C58H37N3Se. The van der Waals surface area contributed by atoms with E-state index in [4.69, 9.17) is 15.0 Å². The SMILES string of the molecule is c1ccc(-c2ccc(-c3cccc(-c4nc(-c5cccc6c5-c5ccccc5C6(c5ccccc5)c5ccccc5)nc(-c5cccc6c5[se]c5ccccc56)n4)c3)cc2)cc1. The van der Waals surface area contributed by atoms with E-state index >= 15 is 0 Å². The topological polar surface area (TPSA) is 38.7 Å². The molecule has 2 aromatic heterocycles. The van der Waals surface area contributed by atoms with Gasteiger partial charge in [-0.3, -0.25) is 0 Å². The summed E-state index contributed by atoms with van der Waals surface area (Å²) in [5, 5.41) is 2.58. The Morgan fingerprint density at radius 3 is 1.56 bits per heavy atom. The zero-order chi connectivity index (χ0) is 41.0. The maximum Gasteiger partial charge on any atom is -0.0544 e. The molecule has 62 heavy (non-hydrogen) atoms. The predicted molar refractivity (Wildman–Crippen MR) is 256 cm³/mol. The molecule has 0 saturated heterocycles. The van der Waals surface area contributed by atoms with Crippen molar-refractivity contribution in [1.29, 1.82) is 0 Å². The van der Waals surface area contributed by atoms with Crippen LogP contribution < -0.4 is 0 Å². The first-order valence-electron chi connectivity index (χ1n) is 21.0. The smallest absolute Gasteiger partial charge is 0.0544 e. The molecular weight excluding hydrogens is 818 g/mol. The third-order valence-electron chi connectivity index (χ3n) is 12.5. The van der Waals surface area contributed by atoms with Gasteiger partial charge in [-0.2, -0.15) is 0 Å². The molecule has 0 fully saturated rings. The summed E-state index contributed by atoms with van der Waals surface area (Å²) in [6, 6.07) is 80.8. The molecule has 12 rings (SSSR count). The molecule has 0 atom stereocenters.